The Labute approximate surface area is 145 Å². The van der Waals surface area contributed by atoms with Crippen LogP contribution in [0.25, 0.3) is 0 Å². The number of hydrogen-bond acceptors (Lipinski definition) is 6. The van der Waals surface area contributed by atoms with Gasteiger partial charge in [0, 0.05) is 13.0 Å². The molecule has 0 saturated carbocycles. The molecule has 0 spiro atoms. The number of carbonyl (C=O) groups excluding carboxylic acids is 1. The molecule has 7 nitrogen and oxygen atoms in total. The maximum absolute atomic E-state index is 12.4. The molecule has 1 aromatic heterocycles. The molecule has 2 aromatic rings. The number of tetrazole rings is 1. The summed E-state index contributed by atoms with van der Waals surface area (Å²) < 4.78 is 1.74. The van der Waals surface area contributed by atoms with E-state index in [4.69, 9.17) is 0 Å². The number of nitrogens with zero attached hydrogens (tertiary/aromatic N) is 6. The first-order chi connectivity index (χ1) is 11.6. The van der Waals surface area contributed by atoms with Crippen molar-refractivity contribution in [3.8, 4) is 0 Å². The van der Waals surface area contributed by atoms with E-state index >= 15 is 0 Å². The van der Waals surface area contributed by atoms with Crippen LogP contribution in [0.2, 0.25) is 0 Å². The van der Waals surface area contributed by atoms with Gasteiger partial charge in [0.25, 0.3) is 5.91 Å². The first kappa shape index (κ1) is 16.6. The van der Waals surface area contributed by atoms with Gasteiger partial charge in [0.1, 0.15) is 0 Å². The van der Waals surface area contributed by atoms with Gasteiger partial charge in [-0.25, -0.2) is 9.69 Å². The number of thioether (sulfide) groups is 1. The molecule has 1 amide bonds. The van der Waals surface area contributed by atoms with Crippen LogP contribution >= 0.6 is 11.8 Å². The van der Waals surface area contributed by atoms with Crippen molar-refractivity contribution in [3.63, 3.8) is 0 Å². The smallest absolute Gasteiger partial charge is 0.253 e. The molecular weight excluding hydrogens is 324 g/mol. The van der Waals surface area contributed by atoms with Crippen LogP contribution in [-0.4, -0.2) is 49.1 Å². The van der Waals surface area contributed by atoms with Crippen molar-refractivity contribution in [2.45, 2.75) is 32.0 Å². The van der Waals surface area contributed by atoms with E-state index in [1.165, 1.54) is 11.8 Å². The topological polar surface area (TPSA) is 76.3 Å². The molecule has 0 fully saturated rings. The SMILES string of the molecule is CC(C)Cn1nnnc1SCC(=O)N1CCC(c2ccccc2)=N1. The van der Waals surface area contributed by atoms with Gasteiger partial charge < -0.3 is 0 Å². The predicted octanol–water partition coefficient (Wildman–Crippen LogP) is 2.06. The van der Waals surface area contributed by atoms with Gasteiger partial charge in [-0.15, -0.1) is 5.10 Å². The van der Waals surface area contributed by atoms with Crippen molar-refractivity contribution in [1.29, 1.82) is 0 Å². The first-order valence-electron chi connectivity index (χ1n) is 7.95. The fraction of sp³-hybridized carbons (Fsp3) is 0.438. The van der Waals surface area contributed by atoms with E-state index in [1.54, 1.807) is 9.69 Å². The van der Waals surface area contributed by atoms with E-state index in [-0.39, 0.29) is 11.7 Å². The molecule has 0 saturated heterocycles. The first-order valence-corrected chi connectivity index (χ1v) is 8.94. The highest BCUT2D eigenvalue weighted by molar-refractivity contribution is 7.99. The van der Waals surface area contributed by atoms with Crippen LogP contribution in [-0.2, 0) is 11.3 Å². The van der Waals surface area contributed by atoms with Gasteiger partial charge in [0.2, 0.25) is 5.16 Å². The lowest BCUT2D eigenvalue weighted by Gasteiger charge is -2.11. The number of rotatable bonds is 6. The van der Waals surface area contributed by atoms with Gasteiger partial charge in [0.15, 0.2) is 0 Å². The summed E-state index contributed by atoms with van der Waals surface area (Å²) in [5.74, 6) is 0.703. The van der Waals surface area contributed by atoms with Crippen molar-refractivity contribution < 1.29 is 4.79 Å². The second-order valence-electron chi connectivity index (χ2n) is 6.01. The second kappa shape index (κ2) is 7.57. The molecule has 24 heavy (non-hydrogen) atoms. The molecule has 1 aliphatic heterocycles. The molecule has 1 aliphatic rings. The number of hydrazone groups is 1. The van der Waals surface area contributed by atoms with Gasteiger partial charge in [-0.3, -0.25) is 4.79 Å². The number of amides is 1. The lowest BCUT2D eigenvalue weighted by molar-refractivity contribution is -0.127. The molecule has 1 aromatic carbocycles. The highest BCUT2D eigenvalue weighted by atomic mass is 32.2. The Kier molecular flexibility index (Phi) is 5.24. The zero-order valence-corrected chi connectivity index (χ0v) is 14.6. The van der Waals surface area contributed by atoms with Crippen LogP contribution in [0.5, 0.6) is 0 Å². The lowest BCUT2D eigenvalue weighted by atomic mass is 10.1. The summed E-state index contributed by atoms with van der Waals surface area (Å²) in [6.07, 6.45) is 0.783. The minimum Gasteiger partial charge on any atom is -0.272 e. The van der Waals surface area contributed by atoms with E-state index in [9.17, 15) is 4.79 Å². The minimum atomic E-state index is -0.0231. The van der Waals surface area contributed by atoms with E-state index in [1.807, 2.05) is 30.3 Å². The van der Waals surface area contributed by atoms with Gasteiger partial charge in [-0.1, -0.05) is 55.9 Å². The van der Waals surface area contributed by atoms with Gasteiger partial charge in [0.05, 0.1) is 18.0 Å². The fourth-order valence-corrected chi connectivity index (χ4v) is 3.19. The van der Waals surface area contributed by atoms with Crippen LogP contribution in [0.15, 0.2) is 40.6 Å². The monoisotopic (exact) mass is 344 g/mol. The lowest BCUT2D eigenvalue weighted by Crippen LogP contribution is -2.25. The van der Waals surface area contributed by atoms with Gasteiger partial charge in [-0.2, -0.15) is 5.10 Å². The molecule has 0 atom stereocenters. The third-order valence-corrected chi connectivity index (χ3v) is 4.50. The molecule has 3 rings (SSSR count). The van der Waals surface area contributed by atoms with E-state index in [0.717, 1.165) is 24.2 Å². The summed E-state index contributed by atoms with van der Waals surface area (Å²) in [6.45, 7) is 5.57. The zero-order valence-electron chi connectivity index (χ0n) is 13.8. The Balaban J connectivity index is 1.58. The highest BCUT2D eigenvalue weighted by Crippen LogP contribution is 2.18. The zero-order chi connectivity index (χ0) is 16.9. The van der Waals surface area contributed by atoms with Crippen LogP contribution < -0.4 is 0 Å². The summed E-state index contributed by atoms with van der Waals surface area (Å²) in [7, 11) is 0. The Bertz CT molecular complexity index is 727. The van der Waals surface area contributed by atoms with Crippen LogP contribution in [0.1, 0.15) is 25.8 Å². The minimum absolute atomic E-state index is 0.0231. The molecule has 8 heteroatoms. The van der Waals surface area contributed by atoms with Crippen molar-refractivity contribution >= 4 is 23.4 Å². The molecule has 0 radical (unpaired) electrons. The Morgan fingerprint density at radius 1 is 1.29 bits per heavy atom. The van der Waals surface area contributed by atoms with Crippen molar-refractivity contribution in [2.75, 3.05) is 12.3 Å². The average Bonchev–Trinajstić information content (AvgIpc) is 3.22. The molecule has 0 aliphatic carbocycles. The number of hydrogen-bond donors (Lipinski definition) is 0. The Hall–Kier alpha value is -2.22. The predicted molar refractivity (Wildman–Crippen MR) is 92.7 cm³/mol. The third kappa shape index (κ3) is 4.00. The molecule has 126 valence electrons. The largest absolute Gasteiger partial charge is 0.272 e. The number of carbonyl (C=O) groups is 1. The summed E-state index contributed by atoms with van der Waals surface area (Å²) >= 11 is 1.35. The number of benzene rings is 1. The van der Waals surface area contributed by atoms with Crippen molar-refractivity contribution in [2.24, 2.45) is 11.0 Å². The molecule has 2 heterocycles. The van der Waals surface area contributed by atoms with Crippen LogP contribution in [0.4, 0.5) is 0 Å². The standard InChI is InChI=1S/C16H20N6OS/c1-12(2)10-22-16(17-19-20-22)24-11-15(23)21-9-8-14(18-21)13-6-4-3-5-7-13/h3-7,12H,8-11H2,1-2H3. The third-order valence-electron chi connectivity index (χ3n) is 3.56. The quantitative estimate of drug-likeness (QED) is 0.750. The normalized spacial score (nSPS) is 14.3. The maximum atomic E-state index is 12.4. The maximum Gasteiger partial charge on any atom is 0.253 e. The van der Waals surface area contributed by atoms with E-state index in [0.29, 0.717) is 17.6 Å². The second-order valence-corrected chi connectivity index (χ2v) is 6.95. The van der Waals surface area contributed by atoms with Gasteiger partial charge in [-0.05, 0) is 21.9 Å². The average molecular weight is 344 g/mol. The van der Waals surface area contributed by atoms with Crippen LogP contribution in [0.3, 0.4) is 0 Å². The summed E-state index contributed by atoms with van der Waals surface area (Å²) in [4.78, 5) is 12.4. The number of aromatic nitrogens is 4. The Morgan fingerprint density at radius 3 is 2.83 bits per heavy atom. The summed E-state index contributed by atoms with van der Waals surface area (Å²) in [5, 5.41) is 18.3. The molecule has 0 N–H and O–H groups in total. The molecule has 0 unspecified atom stereocenters. The Morgan fingerprint density at radius 2 is 2.08 bits per heavy atom. The molecular formula is C16H20N6OS. The van der Waals surface area contributed by atoms with Crippen LogP contribution in [0, 0.1) is 5.92 Å². The van der Waals surface area contributed by atoms with Crippen molar-refractivity contribution in [1.82, 2.24) is 25.2 Å². The summed E-state index contributed by atoms with van der Waals surface area (Å²) in [5.41, 5.74) is 2.03. The summed E-state index contributed by atoms with van der Waals surface area (Å²) in [6, 6.07) is 9.96. The van der Waals surface area contributed by atoms with Gasteiger partial charge >= 0.3 is 0 Å². The molecule has 0 bridgehead atoms. The highest BCUT2D eigenvalue weighted by Gasteiger charge is 2.22. The van der Waals surface area contributed by atoms with E-state index in [2.05, 4.69) is 34.5 Å². The van der Waals surface area contributed by atoms with Crippen molar-refractivity contribution in [3.05, 3.63) is 35.9 Å². The fourth-order valence-electron chi connectivity index (χ4n) is 2.43. The van der Waals surface area contributed by atoms with E-state index < -0.39 is 0 Å².